The van der Waals surface area contributed by atoms with Gasteiger partial charge >= 0.3 is 0 Å². The van der Waals surface area contributed by atoms with Gasteiger partial charge in [0.15, 0.2) is 0 Å². The third-order valence-electron chi connectivity index (χ3n) is 1.09. The molecule has 0 bridgehead atoms. The van der Waals surface area contributed by atoms with Gasteiger partial charge in [-0.05, 0) is 6.07 Å². The molecule has 0 unspecified atom stereocenters. The molecule has 0 aliphatic rings. The van der Waals surface area contributed by atoms with Crippen molar-refractivity contribution in [2.75, 3.05) is 11.0 Å². The molecule has 6 heteroatoms. The van der Waals surface area contributed by atoms with E-state index in [0.717, 1.165) is 6.26 Å². The number of anilines is 1. The van der Waals surface area contributed by atoms with Crippen LogP contribution in [-0.4, -0.2) is 19.7 Å². The number of aromatic nitrogens is 1. The van der Waals surface area contributed by atoms with Crippen molar-refractivity contribution in [1.82, 2.24) is 4.98 Å². The van der Waals surface area contributed by atoms with E-state index in [1.54, 1.807) is 0 Å². The summed E-state index contributed by atoms with van der Waals surface area (Å²) in [6, 6.07) is 2.63. The van der Waals surface area contributed by atoms with Gasteiger partial charge in [0.05, 0.1) is 11.9 Å². The minimum absolute atomic E-state index is 0.269. The molecule has 1 heterocycles. The van der Waals surface area contributed by atoms with E-state index in [2.05, 4.69) is 9.71 Å². The van der Waals surface area contributed by atoms with E-state index in [-0.39, 0.29) is 5.56 Å². The molecule has 0 fully saturated rings. The predicted molar refractivity (Wildman–Crippen MR) is 45.5 cm³/mol. The fraction of sp³-hybridized carbons (Fsp3) is 0.167. The minimum Gasteiger partial charge on any atom is -0.327 e. The molecule has 1 rings (SSSR count). The van der Waals surface area contributed by atoms with Crippen LogP contribution in [0.5, 0.6) is 0 Å². The third-order valence-corrected chi connectivity index (χ3v) is 1.69. The molecular formula is C6H8N2O3S. The summed E-state index contributed by atoms with van der Waals surface area (Å²) in [5, 5.41) is 0. The highest BCUT2D eigenvalue weighted by Gasteiger charge is 1.99. The van der Waals surface area contributed by atoms with Crippen LogP contribution in [0.25, 0.3) is 0 Å². The predicted octanol–water partition coefficient (Wildman–Crippen LogP) is -0.254. The van der Waals surface area contributed by atoms with Gasteiger partial charge in [0.25, 0.3) is 0 Å². The number of aromatic amines is 1. The van der Waals surface area contributed by atoms with Gasteiger partial charge < -0.3 is 4.98 Å². The van der Waals surface area contributed by atoms with Crippen LogP contribution in [0, 0.1) is 0 Å². The monoisotopic (exact) mass is 188 g/mol. The lowest BCUT2D eigenvalue weighted by Gasteiger charge is -2.00. The van der Waals surface area contributed by atoms with Crippen LogP contribution >= 0.6 is 0 Å². The molecule has 12 heavy (non-hydrogen) atoms. The molecule has 0 aliphatic heterocycles. The Labute approximate surface area is 69.5 Å². The van der Waals surface area contributed by atoms with E-state index in [1.807, 2.05) is 0 Å². The van der Waals surface area contributed by atoms with Gasteiger partial charge in [-0.1, -0.05) is 0 Å². The highest BCUT2D eigenvalue weighted by atomic mass is 32.2. The molecule has 0 aromatic carbocycles. The summed E-state index contributed by atoms with van der Waals surface area (Å²) in [7, 11) is -3.26. The Kier molecular flexibility index (Phi) is 2.18. The average Bonchev–Trinajstić information content (AvgIpc) is 1.91. The summed E-state index contributed by atoms with van der Waals surface area (Å²) >= 11 is 0. The first kappa shape index (κ1) is 8.79. The van der Waals surface area contributed by atoms with Crippen molar-refractivity contribution in [2.45, 2.75) is 0 Å². The zero-order chi connectivity index (χ0) is 9.19. The van der Waals surface area contributed by atoms with Crippen molar-refractivity contribution in [1.29, 1.82) is 0 Å². The van der Waals surface area contributed by atoms with Crippen LogP contribution in [0.4, 0.5) is 5.69 Å². The molecule has 0 aliphatic carbocycles. The summed E-state index contributed by atoms with van der Waals surface area (Å²) in [5.74, 6) is 0. The van der Waals surface area contributed by atoms with Gasteiger partial charge in [-0.3, -0.25) is 9.52 Å². The lowest BCUT2D eigenvalue weighted by Crippen LogP contribution is -2.11. The van der Waals surface area contributed by atoms with Crippen LogP contribution in [-0.2, 0) is 10.0 Å². The van der Waals surface area contributed by atoms with Crippen LogP contribution < -0.4 is 10.3 Å². The van der Waals surface area contributed by atoms with E-state index in [1.165, 1.54) is 18.3 Å². The summed E-state index contributed by atoms with van der Waals surface area (Å²) < 4.78 is 23.6. The Morgan fingerprint density at radius 2 is 2.08 bits per heavy atom. The lowest BCUT2D eigenvalue weighted by molar-refractivity contribution is 0.607. The molecule has 1 aromatic rings. The molecule has 5 nitrogen and oxygen atoms in total. The van der Waals surface area contributed by atoms with E-state index in [9.17, 15) is 13.2 Å². The van der Waals surface area contributed by atoms with E-state index >= 15 is 0 Å². The van der Waals surface area contributed by atoms with E-state index < -0.39 is 10.0 Å². The fourth-order valence-corrected chi connectivity index (χ4v) is 1.24. The van der Waals surface area contributed by atoms with Gasteiger partial charge in [-0.25, -0.2) is 8.42 Å². The molecule has 2 N–H and O–H groups in total. The lowest BCUT2D eigenvalue weighted by atomic mass is 10.4. The third kappa shape index (κ3) is 2.75. The SMILES string of the molecule is CS(=O)(=O)Nc1ccc(=O)[nH]c1. The second-order valence-electron chi connectivity index (χ2n) is 2.32. The van der Waals surface area contributed by atoms with Crippen molar-refractivity contribution in [3.63, 3.8) is 0 Å². The number of rotatable bonds is 2. The van der Waals surface area contributed by atoms with Gasteiger partial charge in [0.2, 0.25) is 15.6 Å². The van der Waals surface area contributed by atoms with E-state index in [4.69, 9.17) is 0 Å². The molecule has 0 saturated heterocycles. The first-order chi connectivity index (χ1) is 5.47. The van der Waals surface area contributed by atoms with Crippen molar-refractivity contribution >= 4 is 15.7 Å². The van der Waals surface area contributed by atoms with E-state index in [0.29, 0.717) is 5.69 Å². The number of H-pyrrole nitrogens is 1. The molecule has 0 spiro atoms. The fourth-order valence-electron chi connectivity index (χ4n) is 0.688. The number of hydrogen-bond acceptors (Lipinski definition) is 3. The van der Waals surface area contributed by atoms with Crippen LogP contribution in [0.15, 0.2) is 23.1 Å². The molecule has 66 valence electrons. The molecular weight excluding hydrogens is 180 g/mol. The highest BCUT2D eigenvalue weighted by molar-refractivity contribution is 7.92. The number of nitrogens with one attached hydrogen (secondary N) is 2. The van der Waals surface area contributed by atoms with Gasteiger partial charge in [-0.2, -0.15) is 0 Å². The second-order valence-corrected chi connectivity index (χ2v) is 4.06. The number of sulfonamides is 1. The maximum Gasteiger partial charge on any atom is 0.248 e. The van der Waals surface area contributed by atoms with Gasteiger partial charge in [-0.15, -0.1) is 0 Å². The summed E-state index contributed by atoms with van der Waals surface area (Å²) in [4.78, 5) is 12.9. The van der Waals surface area contributed by atoms with Gasteiger partial charge in [0.1, 0.15) is 0 Å². The van der Waals surface area contributed by atoms with Crippen molar-refractivity contribution in [2.24, 2.45) is 0 Å². The maximum atomic E-state index is 10.7. The first-order valence-corrected chi connectivity index (χ1v) is 5.03. The van der Waals surface area contributed by atoms with Gasteiger partial charge in [0, 0.05) is 12.3 Å². The summed E-state index contributed by atoms with van der Waals surface area (Å²) in [6.45, 7) is 0. The zero-order valence-corrected chi connectivity index (χ0v) is 7.18. The van der Waals surface area contributed by atoms with Crippen LogP contribution in [0.2, 0.25) is 0 Å². The van der Waals surface area contributed by atoms with Crippen LogP contribution in [0.1, 0.15) is 0 Å². The second kappa shape index (κ2) is 2.98. The topological polar surface area (TPSA) is 79.0 Å². The highest BCUT2D eigenvalue weighted by Crippen LogP contribution is 2.01. The minimum atomic E-state index is -3.26. The Morgan fingerprint density at radius 1 is 1.42 bits per heavy atom. The Morgan fingerprint density at radius 3 is 2.50 bits per heavy atom. The molecule has 0 saturated carbocycles. The number of hydrogen-bond donors (Lipinski definition) is 2. The molecule has 1 aromatic heterocycles. The standard InChI is InChI=1S/C6H8N2O3S/c1-12(10,11)8-5-2-3-6(9)7-4-5/h2-4,8H,1H3,(H,7,9). The Bertz CT molecular complexity index is 400. The maximum absolute atomic E-state index is 10.7. The smallest absolute Gasteiger partial charge is 0.248 e. The molecule has 0 atom stereocenters. The molecule has 0 amide bonds. The normalized spacial score (nSPS) is 11.1. The largest absolute Gasteiger partial charge is 0.327 e. The van der Waals surface area contributed by atoms with Crippen molar-refractivity contribution in [3.8, 4) is 0 Å². The summed E-state index contributed by atoms with van der Waals surface area (Å²) in [6.07, 6.45) is 2.33. The van der Waals surface area contributed by atoms with Crippen molar-refractivity contribution < 1.29 is 8.42 Å². The Balaban J connectivity index is 2.93. The Hall–Kier alpha value is -1.30. The average molecular weight is 188 g/mol. The number of pyridine rings is 1. The first-order valence-electron chi connectivity index (χ1n) is 3.14. The zero-order valence-electron chi connectivity index (χ0n) is 6.37. The summed E-state index contributed by atoms with van der Waals surface area (Å²) in [5.41, 5.74) is 0.0751. The van der Waals surface area contributed by atoms with Crippen LogP contribution in [0.3, 0.4) is 0 Å². The van der Waals surface area contributed by atoms with Crippen molar-refractivity contribution in [3.05, 3.63) is 28.7 Å². The quantitative estimate of drug-likeness (QED) is 0.671. The molecule has 0 radical (unpaired) electrons.